The molecule has 0 atom stereocenters. The molecule has 1 amide bonds. The standard InChI is InChI=1S/C21H24ClN5O2/c1-14-19-20(27-11-4-2-3-5-12-27)24-17(25-21(19)29-26-14)9-10-18(28)23-16-8-6-7-15(22)13-16/h6-8,13H,2-5,9-12H2,1H3,(H,23,28). The molecule has 0 bridgehead atoms. The second-order valence-electron chi connectivity index (χ2n) is 7.37. The van der Waals surface area contributed by atoms with Gasteiger partial charge in [-0.25, -0.2) is 4.98 Å². The quantitative estimate of drug-likeness (QED) is 0.661. The Labute approximate surface area is 174 Å². The zero-order chi connectivity index (χ0) is 20.2. The van der Waals surface area contributed by atoms with Crippen molar-refractivity contribution in [1.29, 1.82) is 0 Å². The SMILES string of the molecule is Cc1noc2nc(CCC(=O)Nc3cccc(Cl)c3)nc(N3CCCCCC3)c12. The molecule has 1 aliphatic heterocycles. The Hall–Kier alpha value is -2.67. The number of aromatic nitrogens is 3. The first-order chi connectivity index (χ1) is 14.1. The van der Waals surface area contributed by atoms with Crippen molar-refractivity contribution in [2.75, 3.05) is 23.3 Å². The van der Waals surface area contributed by atoms with Crippen molar-refractivity contribution in [2.24, 2.45) is 0 Å². The molecular formula is C21H24ClN5O2. The first-order valence-corrected chi connectivity index (χ1v) is 10.4. The summed E-state index contributed by atoms with van der Waals surface area (Å²) in [6, 6.07) is 7.09. The topological polar surface area (TPSA) is 84.1 Å². The van der Waals surface area contributed by atoms with E-state index in [-0.39, 0.29) is 12.3 Å². The summed E-state index contributed by atoms with van der Waals surface area (Å²) in [5.41, 5.74) is 1.96. The molecule has 0 aliphatic carbocycles. The lowest BCUT2D eigenvalue weighted by Gasteiger charge is -2.22. The molecule has 152 valence electrons. The Kier molecular flexibility index (Phi) is 5.94. The molecule has 1 saturated heterocycles. The van der Waals surface area contributed by atoms with Crippen LogP contribution in [-0.2, 0) is 11.2 Å². The van der Waals surface area contributed by atoms with Crippen molar-refractivity contribution in [3.63, 3.8) is 0 Å². The van der Waals surface area contributed by atoms with Gasteiger partial charge in [-0.05, 0) is 38.0 Å². The fourth-order valence-corrected chi connectivity index (χ4v) is 3.84. The van der Waals surface area contributed by atoms with Gasteiger partial charge in [-0.2, -0.15) is 4.98 Å². The van der Waals surface area contributed by atoms with Crippen molar-refractivity contribution >= 4 is 40.1 Å². The van der Waals surface area contributed by atoms with Crippen molar-refractivity contribution in [2.45, 2.75) is 45.4 Å². The maximum atomic E-state index is 12.3. The summed E-state index contributed by atoms with van der Waals surface area (Å²) in [4.78, 5) is 23.9. The minimum absolute atomic E-state index is 0.110. The maximum Gasteiger partial charge on any atom is 0.263 e. The van der Waals surface area contributed by atoms with Crippen LogP contribution < -0.4 is 10.2 Å². The van der Waals surface area contributed by atoms with Crippen molar-refractivity contribution in [1.82, 2.24) is 15.1 Å². The molecule has 1 aliphatic rings. The number of amides is 1. The second-order valence-corrected chi connectivity index (χ2v) is 7.81. The lowest BCUT2D eigenvalue weighted by atomic mass is 10.2. The van der Waals surface area contributed by atoms with Crippen molar-refractivity contribution in [3.8, 4) is 0 Å². The monoisotopic (exact) mass is 413 g/mol. The first kappa shape index (κ1) is 19.6. The number of anilines is 2. The van der Waals surface area contributed by atoms with E-state index in [1.165, 1.54) is 12.8 Å². The largest absolute Gasteiger partial charge is 0.356 e. The number of carbonyl (C=O) groups is 1. The number of fused-ring (bicyclic) bond motifs is 1. The van der Waals surface area contributed by atoms with E-state index in [1.54, 1.807) is 24.3 Å². The molecule has 0 saturated carbocycles. The molecule has 8 heteroatoms. The van der Waals surface area contributed by atoms with E-state index in [0.717, 1.165) is 42.8 Å². The molecule has 2 aromatic heterocycles. The van der Waals surface area contributed by atoms with Gasteiger partial charge in [-0.1, -0.05) is 35.7 Å². The Bertz CT molecular complexity index is 1010. The second kappa shape index (κ2) is 8.78. The highest BCUT2D eigenvalue weighted by Crippen LogP contribution is 2.29. The summed E-state index contributed by atoms with van der Waals surface area (Å²) in [5, 5.41) is 8.39. The summed E-state index contributed by atoms with van der Waals surface area (Å²) in [5.74, 6) is 1.36. The van der Waals surface area contributed by atoms with Gasteiger partial charge in [0, 0.05) is 36.6 Å². The van der Waals surface area contributed by atoms with E-state index in [2.05, 4.69) is 20.4 Å². The summed E-state index contributed by atoms with van der Waals surface area (Å²) >= 11 is 5.97. The van der Waals surface area contributed by atoms with Crippen LogP contribution in [0.15, 0.2) is 28.8 Å². The Morgan fingerprint density at radius 3 is 2.76 bits per heavy atom. The molecule has 0 spiro atoms. The number of nitrogens with one attached hydrogen (secondary N) is 1. The van der Waals surface area contributed by atoms with Crippen LogP contribution >= 0.6 is 11.6 Å². The number of halogens is 1. The fourth-order valence-electron chi connectivity index (χ4n) is 3.65. The van der Waals surface area contributed by atoms with E-state index in [1.807, 2.05) is 6.92 Å². The van der Waals surface area contributed by atoms with Gasteiger partial charge in [-0.3, -0.25) is 4.79 Å². The van der Waals surface area contributed by atoms with E-state index in [0.29, 0.717) is 28.7 Å². The molecule has 0 unspecified atom stereocenters. The van der Waals surface area contributed by atoms with Crippen molar-refractivity contribution < 1.29 is 9.32 Å². The van der Waals surface area contributed by atoms with Crippen LogP contribution in [0.4, 0.5) is 11.5 Å². The third-order valence-electron chi connectivity index (χ3n) is 5.12. The Balaban J connectivity index is 1.52. The van der Waals surface area contributed by atoms with Gasteiger partial charge in [0.25, 0.3) is 5.71 Å². The van der Waals surface area contributed by atoms with E-state index < -0.39 is 0 Å². The molecule has 1 N–H and O–H groups in total. The average molecular weight is 414 g/mol. The number of benzene rings is 1. The normalized spacial score (nSPS) is 14.8. The lowest BCUT2D eigenvalue weighted by molar-refractivity contribution is -0.116. The molecule has 3 aromatic rings. The summed E-state index contributed by atoms with van der Waals surface area (Å²) in [7, 11) is 0. The van der Waals surface area contributed by atoms with Crippen LogP contribution in [-0.4, -0.2) is 34.1 Å². The van der Waals surface area contributed by atoms with Gasteiger partial charge < -0.3 is 14.7 Å². The van der Waals surface area contributed by atoms with Gasteiger partial charge in [0.05, 0.1) is 5.69 Å². The van der Waals surface area contributed by atoms with E-state index >= 15 is 0 Å². The van der Waals surface area contributed by atoms with Gasteiger partial charge in [-0.15, -0.1) is 0 Å². The van der Waals surface area contributed by atoms with E-state index in [9.17, 15) is 4.79 Å². The van der Waals surface area contributed by atoms with E-state index in [4.69, 9.17) is 21.1 Å². The molecule has 1 aromatic carbocycles. The average Bonchev–Trinajstić information content (AvgIpc) is 2.91. The highest BCUT2D eigenvalue weighted by Gasteiger charge is 2.21. The Morgan fingerprint density at radius 2 is 2.00 bits per heavy atom. The van der Waals surface area contributed by atoms with Gasteiger partial charge >= 0.3 is 0 Å². The van der Waals surface area contributed by atoms with Gasteiger partial charge in [0.2, 0.25) is 5.91 Å². The minimum atomic E-state index is -0.110. The first-order valence-electron chi connectivity index (χ1n) is 10.0. The number of hydrogen-bond acceptors (Lipinski definition) is 6. The zero-order valence-corrected chi connectivity index (χ0v) is 17.2. The molecule has 0 radical (unpaired) electrons. The number of aryl methyl sites for hydroxylation is 2. The van der Waals surface area contributed by atoms with Gasteiger partial charge in [0.15, 0.2) is 0 Å². The molecule has 1 fully saturated rings. The molecule has 7 nitrogen and oxygen atoms in total. The third kappa shape index (κ3) is 4.67. The molecule has 4 rings (SSSR count). The van der Waals surface area contributed by atoms with Crippen LogP contribution in [0.1, 0.15) is 43.6 Å². The van der Waals surface area contributed by atoms with Crippen LogP contribution in [0, 0.1) is 6.92 Å². The lowest BCUT2D eigenvalue weighted by Crippen LogP contribution is -2.26. The number of rotatable bonds is 5. The maximum absolute atomic E-state index is 12.3. The molecule has 29 heavy (non-hydrogen) atoms. The minimum Gasteiger partial charge on any atom is -0.356 e. The predicted octanol–water partition coefficient (Wildman–Crippen LogP) is 4.53. The highest BCUT2D eigenvalue weighted by molar-refractivity contribution is 6.30. The van der Waals surface area contributed by atoms with Crippen molar-refractivity contribution in [3.05, 3.63) is 40.8 Å². The number of carbonyl (C=O) groups excluding carboxylic acids is 1. The highest BCUT2D eigenvalue weighted by atomic mass is 35.5. The summed E-state index contributed by atoms with van der Waals surface area (Å²) in [6.45, 7) is 3.84. The van der Waals surface area contributed by atoms with Crippen LogP contribution in [0.2, 0.25) is 5.02 Å². The smallest absolute Gasteiger partial charge is 0.263 e. The van der Waals surface area contributed by atoms with Crippen LogP contribution in [0.25, 0.3) is 11.1 Å². The predicted molar refractivity (Wildman–Crippen MR) is 113 cm³/mol. The fraction of sp³-hybridized carbons (Fsp3) is 0.429. The van der Waals surface area contributed by atoms with Gasteiger partial charge in [0.1, 0.15) is 17.0 Å². The molecular weight excluding hydrogens is 390 g/mol. The summed E-state index contributed by atoms with van der Waals surface area (Å²) in [6.07, 6.45) is 5.46. The van der Waals surface area contributed by atoms with Crippen LogP contribution in [0.3, 0.4) is 0 Å². The third-order valence-corrected chi connectivity index (χ3v) is 5.36. The summed E-state index contributed by atoms with van der Waals surface area (Å²) < 4.78 is 5.42. The number of hydrogen-bond donors (Lipinski definition) is 1. The number of nitrogens with zero attached hydrogens (tertiary/aromatic N) is 4. The zero-order valence-electron chi connectivity index (χ0n) is 16.4. The van der Waals surface area contributed by atoms with Crippen LogP contribution in [0.5, 0.6) is 0 Å². The molecule has 3 heterocycles. The Morgan fingerprint density at radius 1 is 1.21 bits per heavy atom.